The van der Waals surface area contributed by atoms with Gasteiger partial charge in [-0.2, -0.15) is 0 Å². The molecule has 6 heteroatoms. The maximum Gasteiger partial charge on any atom is 0.412 e. The van der Waals surface area contributed by atoms with Crippen LogP contribution in [0, 0.1) is 0 Å². The summed E-state index contributed by atoms with van der Waals surface area (Å²) in [5, 5.41) is 14.0. The first-order valence-electron chi connectivity index (χ1n) is 9.16. The van der Waals surface area contributed by atoms with E-state index in [1.807, 2.05) is 36.4 Å². The van der Waals surface area contributed by atoms with Crippen molar-refractivity contribution in [3.8, 4) is 5.75 Å². The average Bonchev–Trinajstić information content (AvgIpc) is 2.68. The van der Waals surface area contributed by atoms with Gasteiger partial charge in [-0.3, -0.25) is 4.79 Å². The summed E-state index contributed by atoms with van der Waals surface area (Å²) in [5.74, 6) is 0.502. The van der Waals surface area contributed by atoms with E-state index in [1.54, 1.807) is 12.1 Å². The molecular formula is C21H26N2O4. The Bertz CT molecular complexity index is 699. The number of unbranched alkanes of at least 4 members (excludes halogenated alkanes) is 3. The minimum Gasteiger partial charge on any atom is -0.410 e. The summed E-state index contributed by atoms with van der Waals surface area (Å²) in [4.78, 5) is 22.2. The van der Waals surface area contributed by atoms with Crippen LogP contribution in [0.15, 0.2) is 48.5 Å². The normalized spacial score (nSPS) is 10.3. The second-order valence-corrected chi connectivity index (χ2v) is 6.23. The molecule has 2 aromatic rings. The van der Waals surface area contributed by atoms with E-state index in [0.29, 0.717) is 18.7 Å². The predicted octanol–water partition coefficient (Wildman–Crippen LogP) is 3.49. The van der Waals surface area contributed by atoms with Crippen LogP contribution in [0.2, 0.25) is 0 Å². The molecule has 144 valence electrons. The summed E-state index contributed by atoms with van der Waals surface area (Å²) >= 11 is 0. The third kappa shape index (κ3) is 7.92. The topological polar surface area (TPSA) is 87.7 Å². The number of ether oxygens (including phenoxy) is 1. The van der Waals surface area contributed by atoms with E-state index in [4.69, 9.17) is 9.84 Å². The number of aliphatic hydroxyl groups excluding tert-OH is 1. The van der Waals surface area contributed by atoms with Crippen molar-refractivity contribution in [1.82, 2.24) is 5.32 Å². The fourth-order valence-electron chi connectivity index (χ4n) is 2.62. The summed E-state index contributed by atoms with van der Waals surface area (Å²) in [7, 11) is 0. The molecule has 0 spiro atoms. The molecule has 0 unspecified atom stereocenters. The monoisotopic (exact) mass is 370 g/mol. The van der Waals surface area contributed by atoms with Crippen molar-refractivity contribution in [3.05, 3.63) is 59.7 Å². The number of amides is 2. The Balaban J connectivity index is 1.74. The number of aliphatic hydroxyl groups is 1. The van der Waals surface area contributed by atoms with Crippen LogP contribution in [0.3, 0.4) is 0 Å². The van der Waals surface area contributed by atoms with Crippen LogP contribution >= 0.6 is 0 Å². The van der Waals surface area contributed by atoms with Gasteiger partial charge < -0.3 is 20.5 Å². The van der Waals surface area contributed by atoms with Crippen molar-refractivity contribution >= 4 is 18.2 Å². The highest BCUT2D eigenvalue weighted by atomic mass is 16.6. The van der Waals surface area contributed by atoms with Crippen molar-refractivity contribution in [2.75, 3.05) is 18.5 Å². The zero-order chi connectivity index (χ0) is 19.3. The number of hydrogen-bond donors (Lipinski definition) is 3. The Hall–Kier alpha value is -2.86. The van der Waals surface area contributed by atoms with Gasteiger partial charge in [-0.05, 0) is 54.7 Å². The lowest BCUT2D eigenvalue weighted by molar-refractivity contribution is -0.105. The lowest BCUT2D eigenvalue weighted by Gasteiger charge is -2.08. The molecule has 0 radical (unpaired) electrons. The van der Waals surface area contributed by atoms with E-state index in [0.717, 1.165) is 48.9 Å². The van der Waals surface area contributed by atoms with Crippen molar-refractivity contribution in [1.29, 1.82) is 0 Å². The summed E-state index contributed by atoms with van der Waals surface area (Å²) in [5.41, 5.74) is 2.98. The van der Waals surface area contributed by atoms with Gasteiger partial charge in [-0.15, -0.1) is 0 Å². The van der Waals surface area contributed by atoms with E-state index in [9.17, 15) is 9.59 Å². The standard InChI is InChI=1S/C21H26N2O4/c24-14-4-2-1-3-13-22-21(26)27-20-11-7-18(8-12-20)15-17-5-9-19(10-6-17)23-16-25/h5-12,16,24H,1-4,13-15H2,(H,22,26)(H,23,25). The first kappa shape index (κ1) is 20.5. The van der Waals surface area contributed by atoms with Crippen molar-refractivity contribution in [3.63, 3.8) is 0 Å². The molecule has 0 atom stereocenters. The average molecular weight is 370 g/mol. The van der Waals surface area contributed by atoms with Gasteiger partial charge in [0.2, 0.25) is 6.41 Å². The van der Waals surface area contributed by atoms with E-state index < -0.39 is 6.09 Å². The largest absolute Gasteiger partial charge is 0.412 e. The summed E-state index contributed by atoms with van der Waals surface area (Å²) in [6.45, 7) is 0.783. The second kappa shape index (κ2) is 11.7. The molecule has 0 aliphatic rings. The maximum atomic E-state index is 11.8. The molecule has 27 heavy (non-hydrogen) atoms. The summed E-state index contributed by atoms with van der Waals surface area (Å²) < 4.78 is 5.26. The van der Waals surface area contributed by atoms with Gasteiger partial charge in [0, 0.05) is 18.8 Å². The Morgan fingerprint density at radius 3 is 2.19 bits per heavy atom. The molecule has 0 fully saturated rings. The van der Waals surface area contributed by atoms with Gasteiger partial charge in [0.15, 0.2) is 0 Å². The molecule has 6 nitrogen and oxygen atoms in total. The molecule has 0 bridgehead atoms. The Kier molecular flexibility index (Phi) is 8.86. The quantitative estimate of drug-likeness (QED) is 0.417. The third-order valence-corrected chi connectivity index (χ3v) is 4.08. The molecule has 0 heterocycles. The molecule has 2 amide bonds. The van der Waals surface area contributed by atoms with Gasteiger partial charge in [-0.25, -0.2) is 4.79 Å². The minimum atomic E-state index is -0.455. The van der Waals surface area contributed by atoms with Crippen molar-refractivity contribution < 1.29 is 19.4 Å². The van der Waals surface area contributed by atoms with Crippen LogP contribution < -0.4 is 15.4 Å². The van der Waals surface area contributed by atoms with E-state index in [2.05, 4.69) is 10.6 Å². The molecule has 3 N–H and O–H groups in total. The molecule has 2 rings (SSSR count). The molecule has 0 saturated heterocycles. The van der Waals surface area contributed by atoms with Gasteiger partial charge in [-0.1, -0.05) is 37.1 Å². The van der Waals surface area contributed by atoms with Gasteiger partial charge in [0.05, 0.1) is 0 Å². The number of anilines is 1. The van der Waals surface area contributed by atoms with Crippen LogP contribution in [-0.4, -0.2) is 30.8 Å². The summed E-state index contributed by atoms with van der Waals surface area (Å²) in [6.07, 6.45) is 4.56. The molecule has 2 aromatic carbocycles. The summed E-state index contributed by atoms with van der Waals surface area (Å²) in [6, 6.07) is 15.0. The Labute approximate surface area is 159 Å². The number of carbonyl (C=O) groups excluding carboxylic acids is 2. The highest BCUT2D eigenvalue weighted by Gasteiger charge is 2.04. The van der Waals surface area contributed by atoms with E-state index >= 15 is 0 Å². The van der Waals surface area contributed by atoms with Gasteiger partial charge in [0.1, 0.15) is 5.75 Å². The third-order valence-electron chi connectivity index (χ3n) is 4.08. The lowest BCUT2D eigenvalue weighted by atomic mass is 10.0. The van der Waals surface area contributed by atoms with Gasteiger partial charge >= 0.3 is 6.09 Å². The number of benzene rings is 2. The SMILES string of the molecule is O=CNc1ccc(Cc2ccc(OC(=O)NCCCCCCO)cc2)cc1. The highest BCUT2D eigenvalue weighted by molar-refractivity contribution is 5.71. The fraction of sp³-hybridized carbons (Fsp3) is 0.333. The first-order valence-corrected chi connectivity index (χ1v) is 9.16. The first-order chi connectivity index (χ1) is 13.2. The number of hydrogen-bond acceptors (Lipinski definition) is 4. The second-order valence-electron chi connectivity index (χ2n) is 6.23. The molecule has 0 aromatic heterocycles. The lowest BCUT2D eigenvalue weighted by Crippen LogP contribution is -2.27. The molecule has 0 saturated carbocycles. The van der Waals surface area contributed by atoms with Crippen LogP contribution in [0.4, 0.5) is 10.5 Å². The number of rotatable bonds is 11. The minimum absolute atomic E-state index is 0.216. The van der Waals surface area contributed by atoms with Crippen LogP contribution in [0.1, 0.15) is 36.8 Å². The fourth-order valence-corrected chi connectivity index (χ4v) is 2.62. The predicted molar refractivity (Wildman–Crippen MR) is 105 cm³/mol. The van der Waals surface area contributed by atoms with Crippen LogP contribution in [0.5, 0.6) is 5.75 Å². The number of nitrogens with one attached hydrogen (secondary N) is 2. The van der Waals surface area contributed by atoms with Crippen molar-refractivity contribution in [2.45, 2.75) is 32.1 Å². The van der Waals surface area contributed by atoms with E-state index in [1.165, 1.54) is 0 Å². The smallest absolute Gasteiger partial charge is 0.410 e. The zero-order valence-electron chi connectivity index (χ0n) is 15.3. The van der Waals surface area contributed by atoms with Crippen LogP contribution in [0.25, 0.3) is 0 Å². The number of carbonyl (C=O) groups is 2. The van der Waals surface area contributed by atoms with Crippen molar-refractivity contribution in [2.24, 2.45) is 0 Å². The highest BCUT2D eigenvalue weighted by Crippen LogP contribution is 2.17. The zero-order valence-corrected chi connectivity index (χ0v) is 15.3. The molecular weight excluding hydrogens is 344 g/mol. The Morgan fingerprint density at radius 1 is 0.926 bits per heavy atom. The van der Waals surface area contributed by atoms with Crippen LogP contribution in [-0.2, 0) is 11.2 Å². The molecule has 0 aliphatic heterocycles. The van der Waals surface area contributed by atoms with E-state index in [-0.39, 0.29) is 6.61 Å². The molecule has 0 aliphatic carbocycles. The Morgan fingerprint density at radius 2 is 1.56 bits per heavy atom. The van der Waals surface area contributed by atoms with Gasteiger partial charge in [0.25, 0.3) is 0 Å². The maximum absolute atomic E-state index is 11.8.